The van der Waals surface area contributed by atoms with Crippen LogP contribution >= 0.6 is 11.8 Å². The van der Waals surface area contributed by atoms with Crippen molar-refractivity contribution in [3.63, 3.8) is 0 Å². The van der Waals surface area contributed by atoms with Gasteiger partial charge in [0.1, 0.15) is 5.82 Å². The van der Waals surface area contributed by atoms with E-state index in [-0.39, 0.29) is 22.6 Å². The Morgan fingerprint density at radius 3 is 2.53 bits per heavy atom. The van der Waals surface area contributed by atoms with E-state index in [4.69, 9.17) is 11.1 Å². The third-order valence-corrected chi connectivity index (χ3v) is 2.81. The van der Waals surface area contributed by atoms with Gasteiger partial charge in [-0.25, -0.2) is 4.39 Å². The van der Waals surface area contributed by atoms with E-state index in [0.717, 1.165) is 11.8 Å². The zero-order valence-electron chi connectivity index (χ0n) is 9.44. The Bertz CT molecular complexity index is 408. The molecule has 0 radical (unpaired) electrons. The molecule has 0 aliphatic rings. The highest BCUT2D eigenvalue weighted by atomic mass is 32.2. The van der Waals surface area contributed by atoms with Crippen LogP contribution in [0.3, 0.4) is 0 Å². The summed E-state index contributed by atoms with van der Waals surface area (Å²) in [6.07, 6.45) is 0. The molecular formula is C11H14FN3OS. The molecule has 0 fully saturated rings. The molecule has 0 aromatic heterocycles. The van der Waals surface area contributed by atoms with E-state index >= 15 is 0 Å². The zero-order valence-corrected chi connectivity index (χ0v) is 10.3. The van der Waals surface area contributed by atoms with Gasteiger partial charge in [0.05, 0.1) is 5.75 Å². The maximum absolute atomic E-state index is 12.8. The summed E-state index contributed by atoms with van der Waals surface area (Å²) in [5.41, 5.74) is 5.81. The van der Waals surface area contributed by atoms with Crippen molar-refractivity contribution < 1.29 is 9.18 Å². The highest BCUT2D eigenvalue weighted by Gasteiger charge is 2.14. The number of anilines is 1. The lowest BCUT2D eigenvalue weighted by molar-refractivity contribution is -0.116. The fraction of sp³-hybridized carbons (Fsp3) is 0.273. The smallest absolute Gasteiger partial charge is 0.237 e. The standard InChI is InChI=1S/C11H14FN3OS/c1-2-15(10(16)7-17-11(13)14)9-5-3-8(12)4-6-9/h3-6H,2,7H2,1H3,(H3,13,14). The first-order valence-electron chi connectivity index (χ1n) is 5.07. The van der Waals surface area contributed by atoms with Gasteiger partial charge >= 0.3 is 0 Å². The van der Waals surface area contributed by atoms with Crippen molar-refractivity contribution in [2.24, 2.45) is 5.73 Å². The first kappa shape index (κ1) is 13.5. The van der Waals surface area contributed by atoms with Gasteiger partial charge in [0.2, 0.25) is 5.91 Å². The van der Waals surface area contributed by atoms with E-state index in [1.807, 2.05) is 6.92 Å². The number of amidine groups is 1. The molecule has 6 heteroatoms. The Hall–Kier alpha value is -1.56. The molecular weight excluding hydrogens is 241 g/mol. The van der Waals surface area contributed by atoms with Crippen LogP contribution in [-0.4, -0.2) is 23.4 Å². The molecule has 1 rings (SSSR count). The van der Waals surface area contributed by atoms with E-state index in [1.165, 1.54) is 17.0 Å². The highest BCUT2D eigenvalue weighted by molar-refractivity contribution is 8.14. The van der Waals surface area contributed by atoms with Gasteiger partial charge in [-0.3, -0.25) is 10.2 Å². The van der Waals surface area contributed by atoms with E-state index in [9.17, 15) is 9.18 Å². The predicted molar refractivity (Wildman–Crippen MR) is 68.8 cm³/mol. The Labute approximate surface area is 103 Å². The summed E-state index contributed by atoms with van der Waals surface area (Å²) < 4.78 is 12.8. The van der Waals surface area contributed by atoms with Gasteiger partial charge in [-0.15, -0.1) is 0 Å². The minimum Gasteiger partial charge on any atom is -0.379 e. The third kappa shape index (κ3) is 4.07. The molecule has 0 saturated carbocycles. The number of carbonyl (C=O) groups is 1. The van der Waals surface area contributed by atoms with Gasteiger partial charge in [0.25, 0.3) is 0 Å². The van der Waals surface area contributed by atoms with Crippen LogP contribution in [-0.2, 0) is 4.79 Å². The number of nitrogens with zero attached hydrogens (tertiary/aromatic N) is 1. The van der Waals surface area contributed by atoms with E-state index in [1.54, 1.807) is 12.1 Å². The van der Waals surface area contributed by atoms with Crippen molar-refractivity contribution in [2.45, 2.75) is 6.92 Å². The quantitative estimate of drug-likeness (QED) is 0.636. The van der Waals surface area contributed by atoms with Crippen LogP contribution in [0.1, 0.15) is 6.92 Å². The molecule has 0 spiro atoms. The number of rotatable bonds is 4. The number of hydrogen-bond donors (Lipinski definition) is 2. The van der Waals surface area contributed by atoms with Crippen LogP contribution in [0, 0.1) is 11.2 Å². The summed E-state index contributed by atoms with van der Waals surface area (Å²) in [5, 5.41) is 6.95. The lowest BCUT2D eigenvalue weighted by atomic mass is 10.3. The van der Waals surface area contributed by atoms with Crippen molar-refractivity contribution in [1.29, 1.82) is 5.41 Å². The number of hydrogen-bond acceptors (Lipinski definition) is 3. The van der Waals surface area contributed by atoms with E-state index < -0.39 is 0 Å². The van der Waals surface area contributed by atoms with Crippen LogP contribution in [0.25, 0.3) is 0 Å². The molecule has 92 valence electrons. The number of nitrogens with two attached hydrogens (primary N) is 1. The van der Waals surface area contributed by atoms with Crippen LogP contribution < -0.4 is 10.6 Å². The molecule has 0 unspecified atom stereocenters. The molecule has 4 nitrogen and oxygen atoms in total. The lowest BCUT2D eigenvalue weighted by Gasteiger charge is -2.20. The predicted octanol–water partition coefficient (Wildman–Crippen LogP) is 1.81. The minimum atomic E-state index is -0.338. The van der Waals surface area contributed by atoms with Gasteiger partial charge in [-0.2, -0.15) is 0 Å². The monoisotopic (exact) mass is 255 g/mol. The third-order valence-electron chi connectivity index (χ3n) is 2.11. The van der Waals surface area contributed by atoms with Gasteiger partial charge in [0, 0.05) is 12.2 Å². The molecule has 1 aromatic rings. The van der Waals surface area contributed by atoms with Crippen molar-refractivity contribution in [3.8, 4) is 0 Å². The molecule has 17 heavy (non-hydrogen) atoms. The molecule has 1 amide bonds. The average molecular weight is 255 g/mol. The molecule has 1 aromatic carbocycles. The first-order valence-corrected chi connectivity index (χ1v) is 6.06. The summed E-state index contributed by atoms with van der Waals surface area (Å²) in [4.78, 5) is 13.3. The second kappa shape index (κ2) is 6.24. The normalized spacial score (nSPS) is 10.0. The second-order valence-corrected chi connectivity index (χ2v) is 4.28. The maximum atomic E-state index is 12.8. The van der Waals surface area contributed by atoms with Crippen molar-refractivity contribution >= 4 is 28.5 Å². The number of amides is 1. The Morgan fingerprint density at radius 1 is 1.47 bits per heavy atom. The molecule has 0 aliphatic carbocycles. The first-order chi connectivity index (χ1) is 8.04. The number of nitrogens with one attached hydrogen (secondary N) is 1. The molecule has 3 N–H and O–H groups in total. The molecule has 0 atom stereocenters. The lowest BCUT2D eigenvalue weighted by Crippen LogP contribution is -2.32. The van der Waals surface area contributed by atoms with Crippen LogP contribution in [0.5, 0.6) is 0 Å². The zero-order chi connectivity index (χ0) is 12.8. The SMILES string of the molecule is CCN(C(=O)CSC(=N)N)c1ccc(F)cc1. The van der Waals surface area contributed by atoms with Gasteiger partial charge < -0.3 is 10.6 Å². The van der Waals surface area contributed by atoms with Crippen molar-refractivity contribution in [3.05, 3.63) is 30.1 Å². The van der Waals surface area contributed by atoms with Gasteiger partial charge in [-0.1, -0.05) is 11.8 Å². The molecule has 0 heterocycles. The van der Waals surface area contributed by atoms with Crippen molar-refractivity contribution in [2.75, 3.05) is 17.2 Å². The van der Waals surface area contributed by atoms with Crippen LogP contribution in [0.4, 0.5) is 10.1 Å². The van der Waals surface area contributed by atoms with E-state index in [0.29, 0.717) is 12.2 Å². The molecule has 0 saturated heterocycles. The average Bonchev–Trinajstić information content (AvgIpc) is 2.30. The fourth-order valence-corrected chi connectivity index (χ4v) is 1.78. The van der Waals surface area contributed by atoms with Gasteiger partial charge in [-0.05, 0) is 31.2 Å². The summed E-state index contributed by atoms with van der Waals surface area (Å²) >= 11 is 0.977. The molecule has 0 bridgehead atoms. The van der Waals surface area contributed by atoms with Crippen LogP contribution in [0.2, 0.25) is 0 Å². The number of thioether (sulfide) groups is 1. The fourth-order valence-electron chi connectivity index (χ4n) is 1.34. The number of halogens is 1. The van der Waals surface area contributed by atoms with Crippen molar-refractivity contribution in [1.82, 2.24) is 0 Å². The second-order valence-electron chi connectivity index (χ2n) is 3.27. The number of benzene rings is 1. The maximum Gasteiger partial charge on any atom is 0.237 e. The Balaban J connectivity index is 2.73. The Kier molecular flexibility index (Phi) is 4.96. The summed E-state index contributed by atoms with van der Waals surface area (Å²) in [6, 6.07) is 5.72. The van der Waals surface area contributed by atoms with Crippen LogP contribution in [0.15, 0.2) is 24.3 Å². The highest BCUT2D eigenvalue weighted by Crippen LogP contribution is 2.16. The topological polar surface area (TPSA) is 70.2 Å². The summed E-state index contributed by atoms with van der Waals surface area (Å²) in [6.45, 7) is 2.32. The minimum absolute atomic E-state index is 0.0893. The van der Waals surface area contributed by atoms with E-state index in [2.05, 4.69) is 0 Å². The summed E-state index contributed by atoms with van der Waals surface area (Å²) in [5.74, 6) is -0.379. The largest absolute Gasteiger partial charge is 0.379 e. The summed E-state index contributed by atoms with van der Waals surface area (Å²) in [7, 11) is 0. The van der Waals surface area contributed by atoms with Gasteiger partial charge in [0.15, 0.2) is 5.17 Å². The molecule has 0 aliphatic heterocycles. The Morgan fingerprint density at radius 2 is 2.06 bits per heavy atom. The number of carbonyl (C=O) groups excluding carboxylic acids is 1.